The van der Waals surface area contributed by atoms with Gasteiger partial charge >= 0.3 is 0 Å². The summed E-state index contributed by atoms with van der Waals surface area (Å²) in [6, 6.07) is 8.99. The van der Waals surface area contributed by atoms with Crippen LogP contribution in [0.15, 0.2) is 24.3 Å². The minimum absolute atomic E-state index is 0.0775. The normalized spacial score (nSPS) is 21.4. The van der Waals surface area contributed by atoms with Crippen molar-refractivity contribution in [2.45, 2.75) is 64.5 Å². The number of piperidine rings is 1. The Hall–Kier alpha value is -0.860. The molecule has 1 aromatic carbocycles. The molecular formula is C18H30N2. The van der Waals surface area contributed by atoms with Crippen LogP contribution in [0.5, 0.6) is 0 Å². The maximum Gasteiger partial charge on any atom is 0.0479 e. The van der Waals surface area contributed by atoms with Gasteiger partial charge in [0.15, 0.2) is 0 Å². The Morgan fingerprint density at radius 2 is 1.70 bits per heavy atom. The first-order chi connectivity index (χ1) is 9.61. The number of hydrogen-bond acceptors (Lipinski definition) is 2. The predicted molar refractivity (Wildman–Crippen MR) is 86.9 cm³/mol. The Balaban J connectivity index is 2.19. The highest BCUT2D eigenvalue weighted by Gasteiger charge is 2.37. The van der Waals surface area contributed by atoms with Crippen LogP contribution in [0.2, 0.25) is 0 Å². The van der Waals surface area contributed by atoms with Gasteiger partial charge in [-0.05, 0) is 56.8 Å². The summed E-state index contributed by atoms with van der Waals surface area (Å²) in [5.74, 6) is 0. The van der Waals surface area contributed by atoms with Crippen molar-refractivity contribution in [2.75, 3.05) is 13.1 Å². The zero-order valence-electron chi connectivity index (χ0n) is 13.4. The molecule has 1 aliphatic heterocycles. The topological polar surface area (TPSA) is 29.3 Å². The van der Waals surface area contributed by atoms with Crippen molar-refractivity contribution < 1.29 is 0 Å². The predicted octanol–water partition coefficient (Wildman–Crippen LogP) is 3.90. The Morgan fingerprint density at radius 3 is 2.20 bits per heavy atom. The third kappa shape index (κ3) is 3.07. The molecule has 1 fully saturated rings. The van der Waals surface area contributed by atoms with E-state index in [1.807, 2.05) is 0 Å². The zero-order valence-corrected chi connectivity index (χ0v) is 13.4. The minimum atomic E-state index is 0.0775. The molecule has 0 spiro atoms. The van der Waals surface area contributed by atoms with Crippen LogP contribution in [0.25, 0.3) is 0 Å². The molecule has 2 atom stereocenters. The SMILES string of the molecule is CCc1ccc(C(N)C(C)(CC)N2CCCCC2)cc1. The average molecular weight is 274 g/mol. The maximum absolute atomic E-state index is 6.66. The second kappa shape index (κ2) is 6.73. The van der Waals surface area contributed by atoms with Crippen molar-refractivity contribution in [1.29, 1.82) is 0 Å². The van der Waals surface area contributed by atoms with Gasteiger partial charge in [0.1, 0.15) is 0 Å². The van der Waals surface area contributed by atoms with E-state index in [1.165, 1.54) is 43.5 Å². The number of hydrogen-bond donors (Lipinski definition) is 1. The van der Waals surface area contributed by atoms with Crippen molar-refractivity contribution in [2.24, 2.45) is 5.73 Å². The lowest BCUT2D eigenvalue weighted by atomic mass is 9.82. The molecule has 2 rings (SSSR count). The monoisotopic (exact) mass is 274 g/mol. The molecule has 0 aromatic heterocycles. The average Bonchev–Trinajstić information content (AvgIpc) is 2.54. The molecule has 112 valence electrons. The van der Waals surface area contributed by atoms with Gasteiger partial charge in [0.25, 0.3) is 0 Å². The number of likely N-dealkylation sites (tertiary alicyclic amines) is 1. The van der Waals surface area contributed by atoms with Crippen LogP contribution >= 0.6 is 0 Å². The smallest absolute Gasteiger partial charge is 0.0479 e. The fraction of sp³-hybridized carbons (Fsp3) is 0.667. The summed E-state index contributed by atoms with van der Waals surface area (Å²) < 4.78 is 0. The molecule has 0 saturated carbocycles. The van der Waals surface area contributed by atoms with Crippen molar-refractivity contribution in [1.82, 2.24) is 4.90 Å². The highest BCUT2D eigenvalue weighted by molar-refractivity contribution is 5.27. The summed E-state index contributed by atoms with van der Waals surface area (Å²) in [6.45, 7) is 9.21. The Morgan fingerprint density at radius 1 is 1.10 bits per heavy atom. The summed E-state index contributed by atoms with van der Waals surface area (Å²) in [5, 5.41) is 0. The fourth-order valence-corrected chi connectivity index (χ4v) is 3.36. The van der Waals surface area contributed by atoms with Gasteiger partial charge in [0.2, 0.25) is 0 Å². The molecule has 2 nitrogen and oxygen atoms in total. The van der Waals surface area contributed by atoms with Gasteiger partial charge in [-0.1, -0.05) is 44.5 Å². The minimum Gasteiger partial charge on any atom is -0.322 e. The van der Waals surface area contributed by atoms with E-state index in [2.05, 4.69) is 49.9 Å². The van der Waals surface area contributed by atoms with Crippen LogP contribution in [0, 0.1) is 0 Å². The second-order valence-corrected chi connectivity index (χ2v) is 6.33. The van der Waals surface area contributed by atoms with Crippen LogP contribution < -0.4 is 5.73 Å². The number of aryl methyl sites for hydroxylation is 1. The molecule has 0 aliphatic carbocycles. The molecule has 1 heterocycles. The van der Waals surface area contributed by atoms with Crippen molar-refractivity contribution in [3.8, 4) is 0 Å². The first kappa shape index (κ1) is 15.5. The van der Waals surface area contributed by atoms with Gasteiger partial charge in [-0.25, -0.2) is 0 Å². The lowest BCUT2D eigenvalue weighted by Crippen LogP contribution is -2.54. The molecule has 20 heavy (non-hydrogen) atoms. The van der Waals surface area contributed by atoms with Gasteiger partial charge in [0.05, 0.1) is 0 Å². The molecule has 1 aromatic rings. The highest BCUT2D eigenvalue weighted by atomic mass is 15.2. The van der Waals surface area contributed by atoms with Crippen LogP contribution in [-0.2, 0) is 6.42 Å². The van der Waals surface area contributed by atoms with Gasteiger partial charge in [0, 0.05) is 11.6 Å². The van der Waals surface area contributed by atoms with Crippen molar-refractivity contribution >= 4 is 0 Å². The molecule has 2 unspecified atom stereocenters. The van der Waals surface area contributed by atoms with Crippen molar-refractivity contribution in [3.05, 3.63) is 35.4 Å². The first-order valence-electron chi connectivity index (χ1n) is 8.21. The number of benzene rings is 1. The largest absolute Gasteiger partial charge is 0.322 e. The van der Waals surface area contributed by atoms with Gasteiger partial charge in [-0.15, -0.1) is 0 Å². The summed E-state index contributed by atoms with van der Waals surface area (Å²) >= 11 is 0. The summed E-state index contributed by atoms with van der Waals surface area (Å²) in [4.78, 5) is 2.62. The molecule has 0 radical (unpaired) electrons. The molecule has 1 saturated heterocycles. The quantitative estimate of drug-likeness (QED) is 0.882. The Bertz CT molecular complexity index is 406. The highest BCUT2D eigenvalue weighted by Crippen LogP contribution is 2.34. The van der Waals surface area contributed by atoms with Gasteiger partial charge in [-0.2, -0.15) is 0 Å². The summed E-state index contributed by atoms with van der Waals surface area (Å²) in [6.07, 6.45) is 6.20. The van der Waals surface area contributed by atoms with Crippen LogP contribution in [-0.4, -0.2) is 23.5 Å². The number of nitrogens with two attached hydrogens (primary N) is 1. The van der Waals surface area contributed by atoms with Gasteiger partial charge < -0.3 is 5.73 Å². The van der Waals surface area contributed by atoms with E-state index >= 15 is 0 Å². The third-order valence-corrected chi connectivity index (χ3v) is 5.21. The van der Waals surface area contributed by atoms with E-state index < -0.39 is 0 Å². The van der Waals surface area contributed by atoms with E-state index in [0.717, 1.165) is 12.8 Å². The van der Waals surface area contributed by atoms with Crippen LogP contribution in [0.3, 0.4) is 0 Å². The third-order valence-electron chi connectivity index (χ3n) is 5.21. The molecule has 0 amide bonds. The Kier molecular flexibility index (Phi) is 5.22. The molecular weight excluding hydrogens is 244 g/mol. The molecule has 1 aliphatic rings. The lowest BCUT2D eigenvalue weighted by molar-refractivity contribution is 0.0542. The Labute approximate surface area is 124 Å². The fourth-order valence-electron chi connectivity index (χ4n) is 3.36. The first-order valence-corrected chi connectivity index (χ1v) is 8.21. The van der Waals surface area contributed by atoms with Crippen LogP contribution in [0.4, 0.5) is 0 Å². The van der Waals surface area contributed by atoms with Crippen LogP contribution in [0.1, 0.15) is 63.6 Å². The van der Waals surface area contributed by atoms with E-state index in [0.29, 0.717) is 0 Å². The molecule has 2 heteroatoms. The second-order valence-electron chi connectivity index (χ2n) is 6.33. The van der Waals surface area contributed by atoms with Gasteiger partial charge in [-0.3, -0.25) is 4.90 Å². The summed E-state index contributed by atoms with van der Waals surface area (Å²) in [5.41, 5.74) is 9.40. The van der Waals surface area contributed by atoms with E-state index in [1.54, 1.807) is 0 Å². The number of rotatable bonds is 5. The van der Waals surface area contributed by atoms with E-state index in [4.69, 9.17) is 5.73 Å². The zero-order chi connectivity index (χ0) is 14.6. The maximum atomic E-state index is 6.66. The molecule has 2 N–H and O–H groups in total. The van der Waals surface area contributed by atoms with E-state index in [-0.39, 0.29) is 11.6 Å². The molecule has 0 bridgehead atoms. The lowest BCUT2D eigenvalue weighted by Gasteiger charge is -2.47. The standard InChI is InChI=1S/C18H30N2/c1-4-15-9-11-16(12-10-15)17(19)18(3,5-2)20-13-7-6-8-14-20/h9-12,17H,4-8,13-14,19H2,1-3H3. The summed E-state index contributed by atoms with van der Waals surface area (Å²) in [7, 11) is 0. The number of nitrogens with zero attached hydrogens (tertiary/aromatic N) is 1. The van der Waals surface area contributed by atoms with Crippen molar-refractivity contribution in [3.63, 3.8) is 0 Å². The van der Waals surface area contributed by atoms with E-state index in [9.17, 15) is 0 Å².